The Labute approximate surface area is 99.6 Å². The van der Waals surface area contributed by atoms with Crippen LogP contribution in [0, 0.1) is 0 Å². The van der Waals surface area contributed by atoms with Crippen LogP contribution in [0.2, 0.25) is 0 Å². The summed E-state index contributed by atoms with van der Waals surface area (Å²) in [6.45, 7) is 0.125. The molecular weight excluding hydrogens is 220 g/mol. The Hall–Kier alpha value is -2.24. The van der Waals surface area contributed by atoms with Gasteiger partial charge < -0.3 is 21.7 Å². The van der Waals surface area contributed by atoms with Crippen molar-refractivity contribution in [3.63, 3.8) is 0 Å². The molecule has 0 unspecified atom stereocenters. The maximum Gasteiger partial charge on any atom is 0.250 e. The molecule has 0 spiro atoms. The van der Waals surface area contributed by atoms with Crippen LogP contribution in [-0.4, -0.2) is 32.5 Å². The Morgan fingerprint density at radius 1 is 1.41 bits per heavy atom. The number of rotatable bonds is 4. The molecular formula is C11H16N4O2. The molecule has 0 aliphatic heterocycles. The number of hydrogen-bond donors (Lipinski definition) is 3. The standard InChI is InChI=1S/C11H16N4O2/c1-14-10(16)6-15(2)9-5-7(12)3-4-8(9)11(13)17/h3-5H,6,12H2,1-2H3,(H2,13,17)(H,14,16). The van der Waals surface area contributed by atoms with Crippen LogP contribution in [0.25, 0.3) is 0 Å². The molecule has 0 bridgehead atoms. The van der Waals surface area contributed by atoms with E-state index in [1.165, 1.54) is 0 Å². The number of primary amides is 1. The van der Waals surface area contributed by atoms with E-state index in [0.29, 0.717) is 16.9 Å². The normalized spacial score (nSPS) is 9.76. The summed E-state index contributed by atoms with van der Waals surface area (Å²) in [4.78, 5) is 24.1. The SMILES string of the molecule is CNC(=O)CN(C)c1cc(N)ccc1C(N)=O. The molecule has 6 heteroatoms. The quantitative estimate of drug-likeness (QED) is 0.616. The van der Waals surface area contributed by atoms with Crippen LogP contribution in [0.15, 0.2) is 18.2 Å². The molecule has 0 radical (unpaired) electrons. The number of hydrogen-bond acceptors (Lipinski definition) is 4. The van der Waals surface area contributed by atoms with Gasteiger partial charge in [0.05, 0.1) is 17.8 Å². The highest BCUT2D eigenvalue weighted by atomic mass is 16.2. The summed E-state index contributed by atoms with van der Waals surface area (Å²) >= 11 is 0. The van der Waals surface area contributed by atoms with Gasteiger partial charge in [-0.05, 0) is 18.2 Å². The first kappa shape index (κ1) is 12.8. The van der Waals surface area contributed by atoms with E-state index in [0.717, 1.165) is 0 Å². The van der Waals surface area contributed by atoms with Crippen molar-refractivity contribution in [1.82, 2.24) is 5.32 Å². The van der Waals surface area contributed by atoms with Crippen molar-refractivity contribution in [2.24, 2.45) is 5.73 Å². The highest BCUT2D eigenvalue weighted by Gasteiger charge is 2.14. The number of nitrogen functional groups attached to an aromatic ring is 1. The van der Waals surface area contributed by atoms with Gasteiger partial charge in [-0.2, -0.15) is 0 Å². The zero-order valence-corrected chi connectivity index (χ0v) is 9.86. The number of amides is 2. The molecule has 0 fully saturated rings. The number of likely N-dealkylation sites (N-methyl/N-ethyl adjacent to an activating group) is 2. The van der Waals surface area contributed by atoms with Crippen LogP contribution in [0.4, 0.5) is 11.4 Å². The smallest absolute Gasteiger partial charge is 0.250 e. The monoisotopic (exact) mass is 236 g/mol. The summed E-state index contributed by atoms with van der Waals surface area (Å²) in [5, 5.41) is 2.50. The summed E-state index contributed by atoms with van der Waals surface area (Å²) in [6, 6.07) is 4.76. The van der Waals surface area contributed by atoms with Gasteiger partial charge in [0.15, 0.2) is 0 Å². The highest BCUT2D eigenvalue weighted by molar-refractivity contribution is 5.99. The average Bonchev–Trinajstić information content (AvgIpc) is 2.28. The molecule has 2 amide bonds. The van der Waals surface area contributed by atoms with E-state index in [2.05, 4.69) is 5.32 Å². The maximum absolute atomic E-state index is 11.3. The lowest BCUT2D eigenvalue weighted by Crippen LogP contribution is -2.34. The van der Waals surface area contributed by atoms with Crippen molar-refractivity contribution in [1.29, 1.82) is 0 Å². The third-order valence-electron chi connectivity index (χ3n) is 2.36. The molecule has 0 aromatic heterocycles. The van der Waals surface area contributed by atoms with Crippen LogP contribution >= 0.6 is 0 Å². The molecule has 17 heavy (non-hydrogen) atoms. The Balaban J connectivity index is 3.06. The van der Waals surface area contributed by atoms with Crippen LogP contribution in [-0.2, 0) is 4.79 Å². The summed E-state index contributed by atoms with van der Waals surface area (Å²) in [5.74, 6) is -0.714. The van der Waals surface area contributed by atoms with Crippen molar-refractivity contribution in [2.75, 3.05) is 31.3 Å². The third-order valence-corrected chi connectivity index (χ3v) is 2.36. The van der Waals surface area contributed by atoms with E-state index >= 15 is 0 Å². The molecule has 0 aliphatic carbocycles. The number of nitrogens with one attached hydrogen (secondary N) is 1. The van der Waals surface area contributed by atoms with Crippen LogP contribution in [0.1, 0.15) is 10.4 Å². The average molecular weight is 236 g/mol. The molecule has 0 atom stereocenters. The number of anilines is 2. The Morgan fingerprint density at radius 2 is 2.06 bits per heavy atom. The predicted octanol–water partition coefficient (Wildman–Crippen LogP) is -0.450. The van der Waals surface area contributed by atoms with Gasteiger partial charge in [0.25, 0.3) is 5.91 Å². The molecule has 0 heterocycles. The number of nitrogens with two attached hydrogens (primary N) is 2. The fourth-order valence-electron chi connectivity index (χ4n) is 1.45. The second kappa shape index (κ2) is 5.20. The minimum absolute atomic E-state index is 0.125. The minimum Gasteiger partial charge on any atom is -0.399 e. The molecule has 6 nitrogen and oxygen atoms in total. The number of carbonyl (C=O) groups excluding carboxylic acids is 2. The van der Waals surface area contributed by atoms with Crippen molar-refractivity contribution in [2.45, 2.75) is 0 Å². The van der Waals surface area contributed by atoms with Gasteiger partial charge >= 0.3 is 0 Å². The zero-order chi connectivity index (χ0) is 13.0. The van der Waals surface area contributed by atoms with E-state index in [1.807, 2.05) is 0 Å². The van der Waals surface area contributed by atoms with Crippen LogP contribution in [0.5, 0.6) is 0 Å². The van der Waals surface area contributed by atoms with E-state index < -0.39 is 5.91 Å². The van der Waals surface area contributed by atoms with Gasteiger partial charge in [0.1, 0.15) is 0 Å². The van der Waals surface area contributed by atoms with Gasteiger partial charge in [-0.15, -0.1) is 0 Å². The fraction of sp³-hybridized carbons (Fsp3) is 0.273. The fourth-order valence-corrected chi connectivity index (χ4v) is 1.45. The maximum atomic E-state index is 11.3. The lowest BCUT2D eigenvalue weighted by atomic mass is 10.1. The molecule has 1 rings (SSSR count). The van der Waals surface area contributed by atoms with Gasteiger partial charge in [0, 0.05) is 19.8 Å². The van der Waals surface area contributed by atoms with Crippen molar-refractivity contribution in [3.05, 3.63) is 23.8 Å². The number of carbonyl (C=O) groups is 2. The Kier molecular flexibility index (Phi) is 3.92. The van der Waals surface area contributed by atoms with Gasteiger partial charge in [-0.1, -0.05) is 0 Å². The van der Waals surface area contributed by atoms with E-state index in [9.17, 15) is 9.59 Å². The molecule has 5 N–H and O–H groups in total. The zero-order valence-electron chi connectivity index (χ0n) is 9.86. The Morgan fingerprint density at radius 3 is 2.59 bits per heavy atom. The summed E-state index contributed by atoms with van der Waals surface area (Å²) < 4.78 is 0. The van der Waals surface area contributed by atoms with Crippen LogP contribution in [0.3, 0.4) is 0 Å². The predicted molar refractivity (Wildman–Crippen MR) is 66.7 cm³/mol. The lowest BCUT2D eigenvalue weighted by Gasteiger charge is -2.20. The molecule has 92 valence electrons. The van der Waals surface area contributed by atoms with Gasteiger partial charge in [-0.25, -0.2) is 0 Å². The second-order valence-electron chi connectivity index (χ2n) is 3.67. The molecule has 1 aromatic carbocycles. The van der Waals surface area contributed by atoms with Crippen molar-refractivity contribution in [3.8, 4) is 0 Å². The summed E-state index contributed by atoms with van der Waals surface area (Å²) in [6.07, 6.45) is 0. The second-order valence-corrected chi connectivity index (χ2v) is 3.67. The number of benzene rings is 1. The van der Waals surface area contributed by atoms with Crippen LogP contribution < -0.4 is 21.7 Å². The van der Waals surface area contributed by atoms with E-state index in [4.69, 9.17) is 11.5 Å². The largest absolute Gasteiger partial charge is 0.399 e. The summed E-state index contributed by atoms with van der Waals surface area (Å²) in [5.41, 5.74) is 12.3. The van der Waals surface area contributed by atoms with Gasteiger partial charge in [-0.3, -0.25) is 9.59 Å². The third kappa shape index (κ3) is 3.10. The summed E-state index contributed by atoms with van der Waals surface area (Å²) in [7, 11) is 3.24. The van der Waals surface area contributed by atoms with Gasteiger partial charge in [0.2, 0.25) is 5.91 Å². The highest BCUT2D eigenvalue weighted by Crippen LogP contribution is 2.22. The lowest BCUT2D eigenvalue weighted by molar-refractivity contribution is -0.119. The first-order valence-corrected chi connectivity index (χ1v) is 5.06. The first-order valence-electron chi connectivity index (χ1n) is 5.06. The molecule has 0 saturated heterocycles. The first-order chi connectivity index (χ1) is 7.95. The topological polar surface area (TPSA) is 101 Å². The molecule has 0 saturated carbocycles. The van der Waals surface area contributed by atoms with E-state index in [-0.39, 0.29) is 12.5 Å². The Bertz CT molecular complexity index is 445. The van der Waals surface area contributed by atoms with E-state index in [1.54, 1.807) is 37.2 Å². The molecule has 0 aliphatic rings. The minimum atomic E-state index is -0.552. The number of nitrogens with zero attached hydrogens (tertiary/aromatic N) is 1. The van der Waals surface area contributed by atoms with Crippen molar-refractivity contribution < 1.29 is 9.59 Å². The van der Waals surface area contributed by atoms with Crippen molar-refractivity contribution >= 4 is 23.2 Å². The molecule has 1 aromatic rings.